The number of hydrogen-bond acceptors (Lipinski definition) is 3. The number of aliphatic imine (C=N–C) groups is 1. The zero-order valence-electron chi connectivity index (χ0n) is 12.0. The Morgan fingerprint density at radius 2 is 2.10 bits per heavy atom. The summed E-state index contributed by atoms with van der Waals surface area (Å²) in [7, 11) is 0. The average molecular weight is 271 g/mol. The third-order valence-electron chi connectivity index (χ3n) is 3.12. The Hall–Kier alpha value is -2.10. The van der Waals surface area contributed by atoms with Gasteiger partial charge in [-0.15, -0.1) is 0 Å². The van der Waals surface area contributed by atoms with Gasteiger partial charge in [0.2, 0.25) is 0 Å². The molecule has 0 N–H and O–H groups in total. The number of aryl methyl sites for hydroxylation is 2. The van der Waals surface area contributed by atoms with Gasteiger partial charge in [-0.25, -0.2) is 14.4 Å². The van der Waals surface area contributed by atoms with E-state index in [0.717, 1.165) is 41.1 Å². The maximum absolute atomic E-state index is 13.2. The predicted molar refractivity (Wildman–Crippen MR) is 79.0 cm³/mol. The van der Waals surface area contributed by atoms with E-state index in [0.29, 0.717) is 0 Å². The molecule has 0 aliphatic rings. The topological polar surface area (TPSA) is 38.1 Å². The van der Waals surface area contributed by atoms with Crippen LogP contribution in [-0.4, -0.2) is 15.7 Å². The highest BCUT2D eigenvalue weighted by Gasteiger charge is 2.09. The second-order valence-electron chi connectivity index (χ2n) is 4.76. The first-order valence-electron chi connectivity index (χ1n) is 6.72. The zero-order valence-corrected chi connectivity index (χ0v) is 12.0. The van der Waals surface area contributed by atoms with Crippen LogP contribution in [0.2, 0.25) is 0 Å². The maximum Gasteiger partial charge on any atom is 0.123 e. The van der Waals surface area contributed by atoms with E-state index in [-0.39, 0.29) is 5.82 Å². The largest absolute Gasteiger partial charge is 0.252 e. The molecule has 0 spiro atoms. The summed E-state index contributed by atoms with van der Waals surface area (Å²) in [5.41, 5.74) is 4.43. The first-order chi connectivity index (χ1) is 9.61. The normalized spacial score (nSPS) is 11.7. The van der Waals surface area contributed by atoms with Gasteiger partial charge < -0.3 is 0 Å². The van der Waals surface area contributed by atoms with Crippen LogP contribution in [0.3, 0.4) is 0 Å². The first kappa shape index (κ1) is 14.3. The summed E-state index contributed by atoms with van der Waals surface area (Å²) in [5, 5.41) is 0. The zero-order chi connectivity index (χ0) is 14.5. The van der Waals surface area contributed by atoms with Gasteiger partial charge in [-0.1, -0.05) is 13.3 Å². The minimum absolute atomic E-state index is 0.238. The smallest absolute Gasteiger partial charge is 0.123 e. The van der Waals surface area contributed by atoms with Crippen molar-refractivity contribution in [3.63, 3.8) is 0 Å². The van der Waals surface area contributed by atoms with Gasteiger partial charge in [0.1, 0.15) is 12.1 Å². The van der Waals surface area contributed by atoms with E-state index < -0.39 is 0 Å². The van der Waals surface area contributed by atoms with Crippen molar-refractivity contribution >= 4 is 11.4 Å². The Bertz CT molecular complexity index is 635. The number of benzene rings is 1. The molecule has 0 fully saturated rings. The van der Waals surface area contributed by atoms with Crippen LogP contribution < -0.4 is 0 Å². The summed E-state index contributed by atoms with van der Waals surface area (Å²) in [5.74, 6) is -0.238. The molecule has 1 heterocycles. The van der Waals surface area contributed by atoms with Gasteiger partial charge in [-0.2, -0.15) is 0 Å². The fourth-order valence-corrected chi connectivity index (χ4v) is 2.05. The van der Waals surface area contributed by atoms with Crippen LogP contribution in [0.4, 0.5) is 10.1 Å². The number of nitrogens with zero attached hydrogens (tertiary/aromatic N) is 3. The highest BCUT2D eigenvalue weighted by molar-refractivity contribution is 6.02. The molecular formula is C16H18FN3. The molecular weight excluding hydrogens is 253 g/mol. The van der Waals surface area contributed by atoms with Crippen LogP contribution in [0.5, 0.6) is 0 Å². The van der Waals surface area contributed by atoms with Crippen molar-refractivity contribution in [1.82, 2.24) is 9.97 Å². The van der Waals surface area contributed by atoms with Gasteiger partial charge in [-0.05, 0) is 44.0 Å². The lowest BCUT2D eigenvalue weighted by atomic mass is 10.1. The van der Waals surface area contributed by atoms with Gasteiger partial charge in [0.25, 0.3) is 0 Å². The summed E-state index contributed by atoms with van der Waals surface area (Å²) in [6.07, 6.45) is 5.14. The summed E-state index contributed by atoms with van der Waals surface area (Å²) in [6, 6.07) is 4.64. The highest BCUT2D eigenvalue weighted by Crippen LogP contribution is 2.22. The molecule has 0 atom stereocenters. The molecule has 4 heteroatoms. The number of hydrogen-bond donors (Lipinski definition) is 0. The third kappa shape index (κ3) is 3.26. The molecule has 0 aliphatic carbocycles. The van der Waals surface area contributed by atoms with Gasteiger partial charge >= 0.3 is 0 Å². The Balaban J connectivity index is 2.47. The summed E-state index contributed by atoms with van der Waals surface area (Å²) in [4.78, 5) is 13.0. The second-order valence-corrected chi connectivity index (χ2v) is 4.76. The van der Waals surface area contributed by atoms with Gasteiger partial charge in [0.15, 0.2) is 0 Å². The maximum atomic E-state index is 13.2. The molecule has 2 rings (SSSR count). The van der Waals surface area contributed by atoms with E-state index in [1.807, 2.05) is 13.8 Å². The lowest BCUT2D eigenvalue weighted by molar-refractivity contribution is 0.627. The van der Waals surface area contributed by atoms with E-state index >= 15 is 0 Å². The molecule has 20 heavy (non-hydrogen) atoms. The third-order valence-corrected chi connectivity index (χ3v) is 3.12. The summed E-state index contributed by atoms with van der Waals surface area (Å²) >= 11 is 0. The Labute approximate surface area is 118 Å². The monoisotopic (exact) mass is 271 g/mol. The molecule has 0 bridgehead atoms. The van der Waals surface area contributed by atoms with E-state index in [1.54, 1.807) is 12.3 Å². The average Bonchev–Trinajstić information content (AvgIpc) is 2.42. The Morgan fingerprint density at radius 3 is 2.75 bits per heavy atom. The summed E-state index contributed by atoms with van der Waals surface area (Å²) in [6.45, 7) is 5.91. The van der Waals surface area contributed by atoms with Gasteiger partial charge in [0, 0.05) is 17.5 Å². The SMILES string of the molecule is CCCC(=Nc1ccc(F)cc1C)c1cncnc1C. The Morgan fingerprint density at radius 1 is 1.30 bits per heavy atom. The van der Waals surface area contributed by atoms with Crippen LogP contribution in [-0.2, 0) is 0 Å². The van der Waals surface area contributed by atoms with Crippen LogP contribution in [0.1, 0.15) is 36.6 Å². The number of aromatic nitrogens is 2. The molecule has 0 saturated heterocycles. The van der Waals surface area contributed by atoms with Crippen molar-refractivity contribution in [2.45, 2.75) is 33.6 Å². The Kier molecular flexibility index (Phi) is 4.56. The van der Waals surface area contributed by atoms with Crippen molar-refractivity contribution in [3.8, 4) is 0 Å². The fraction of sp³-hybridized carbons (Fsp3) is 0.312. The van der Waals surface area contributed by atoms with Crippen molar-refractivity contribution in [2.75, 3.05) is 0 Å². The van der Waals surface area contributed by atoms with Crippen molar-refractivity contribution in [2.24, 2.45) is 4.99 Å². The van der Waals surface area contributed by atoms with Crippen LogP contribution in [0.25, 0.3) is 0 Å². The lowest BCUT2D eigenvalue weighted by Gasteiger charge is -2.09. The number of rotatable bonds is 4. The van der Waals surface area contributed by atoms with Crippen LogP contribution in [0.15, 0.2) is 35.7 Å². The van der Waals surface area contributed by atoms with Crippen molar-refractivity contribution in [3.05, 3.63) is 53.4 Å². The van der Waals surface area contributed by atoms with Gasteiger partial charge in [-0.3, -0.25) is 4.99 Å². The van der Waals surface area contributed by atoms with E-state index in [4.69, 9.17) is 4.99 Å². The quantitative estimate of drug-likeness (QED) is 0.783. The molecule has 1 aromatic heterocycles. The standard InChI is InChI=1S/C16H18FN3/c1-4-5-16(14-9-18-10-19-12(14)3)20-15-7-6-13(17)8-11(15)2/h6-10H,4-5H2,1-3H3. The molecule has 0 saturated carbocycles. The predicted octanol–water partition coefficient (Wildman–Crippen LogP) is 4.15. The number of halogens is 1. The molecule has 3 nitrogen and oxygen atoms in total. The second kappa shape index (κ2) is 6.37. The molecule has 1 aromatic carbocycles. The molecule has 0 amide bonds. The van der Waals surface area contributed by atoms with E-state index in [9.17, 15) is 4.39 Å². The van der Waals surface area contributed by atoms with Crippen molar-refractivity contribution < 1.29 is 4.39 Å². The molecule has 0 unspecified atom stereocenters. The van der Waals surface area contributed by atoms with Crippen LogP contribution >= 0.6 is 0 Å². The van der Waals surface area contributed by atoms with E-state index in [2.05, 4.69) is 16.9 Å². The lowest BCUT2D eigenvalue weighted by Crippen LogP contribution is -2.05. The van der Waals surface area contributed by atoms with Crippen molar-refractivity contribution in [1.29, 1.82) is 0 Å². The summed E-state index contributed by atoms with van der Waals surface area (Å²) < 4.78 is 13.2. The molecule has 104 valence electrons. The van der Waals surface area contributed by atoms with E-state index in [1.165, 1.54) is 18.5 Å². The molecule has 0 radical (unpaired) electrons. The molecule has 0 aliphatic heterocycles. The highest BCUT2D eigenvalue weighted by atomic mass is 19.1. The molecule has 2 aromatic rings. The minimum atomic E-state index is -0.238. The van der Waals surface area contributed by atoms with Gasteiger partial charge in [0.05, 0.1) is 11.4 Å². The first-order valence-corrected chi connectivity index (χ1v) is 6.72. The minimum Gasteiger partial charge on any atom is -0.252 e. The van der Waals surface area contributed by atoms with Crippen LogP contribution in [0, 0.1) is 19.7 Å². The fourth-order valence-electron chi connectivity index (χ4n) is 2.05.